The third kappa shape index (κ3) is 50.6. The first-order valence-electron chi connectivity index (χ1n) is 28.7. The van der Waals surface area contributed by atoms with Crippen LogP contribution in [0.5, 0.6) is 0 Å². The molecule has 0 amide bonds. The smallest absolute Gasteiger partial charge is 0.0654 e. The van der Waals surface area contributed by atoms with Gasteiger partial charge in [0.05, 0.1) is 0 Å². The van der Waals surface area contributed by atoms with Crippen LogP contribution in [0.4, 0.5) is 0 Å². The normalized spacial score (nSPS) is 12.0. The molecule has 0 aliphatic heterocycles. The second-order valence-electron chi connectivity index (χ2n) is 19.3. The van der Waals surface area contributed by atoms with E-state index in [0.29, 0.717) is 31.3 Å². The molecule has 0 spiro atoms. The van der Waals surface area contributed by atoms with E-state index in [9.17, 15) is 14.4 Å². The average molecular weight is 1090 g/mol. The average Bonchev–Trinajstić information content (AvgIpc) is 3.32. The Balaban J connectivity index is 5.00. The minimum absolute atomic E-state index is 0.0972. The second-order valence-corrected chi connectivity index (χ2v) is 43.0. The Morgan fingerprint density at radius 3 is 0.864 bits per heavy atom. The van der Waals surface area contributed by atoms with E-state index in [0.717, 1.165) is 57.8 Å². The molecule has 0 aromatic rings. The second kappa shape index (κ2) is 56.2. The molecule has 1 unspecified atom stereocenters. The summed E-state index contributed by atoms with van der Waals surface area (Å²) in [5.41, 5.74) is 0. The van der Waals surface area contributed by atoms with Gasteiger partial charge in [0.2, 0.25) is 0 Å². The van der Waals surface area contributed by atoms with E-state index >= 15 is 0 Å². The van der Waals surface area contributed by atoms with Crippen LogP contribution < -0.4 is 0 Å². The van der Waals surface area contributed by atoms with Crippen molar-refractivity contribution >= 4 is 60.4 Å². The van der Waals surface area contributed by atoms with E-state index in [1.165, 1.54) is 218 Å². The quantitative estimate of drug-likeness (QED) is 0.0256. The molecule has 10 heteroatoms. The zero-order valence-corrected chi connectivity index (χ0v) is 49.5. The van der Waals surface area contributed by atoms with Crippen LogP contribution in [-0.2, 0) is 28.6 Å². The van der Waals surface area contributed by atoms with Gasteiger partial charge in [-0.15, -0.1) is 0 Å². The van der Waals surface area contributed by atoms with E-state index < -0.39 is 15.6 Å². The zero-order chi connectivity index (χ0) is 48.1. The predicted molar refractivity (Wildman–Crippen MR) is 296 cm³/mol. The van der Waals surface area contributed by atoms with E-state index in [4.69, 9.17) is 14.2 Å². The van der Waals surface area contributed by atoms with E-state index in [1.54, 1.807) is 26.8 Å². The zero-order valence-electron chi connectivity index (χ0n) is 44.2. The van der Waals surface area contributed by atoms with E-state index in [-0.39, 0.29) is 23.2 Å². The van der Waals surface area contributed by atoms with E-state index in [2.05, 4.69) is 27.7 Å². The molecule has 0 saturated carbocycles. The molecular formula is C56H109O6S3Sn. The molecule has 6 nitrogen and oxygen atoms in total. The summed E-state index contributed by atoms with van der Waals surface area (Å²) in [5, 5.41) is -0.239. The molecule has 1 atom stereocenters. The van der Waals surface area contributed by atoms with Crippen LogP contribution in [0.25, 0.3) is 0 Å². The number of rotatable bonds is 55. The number of carbonyl (C=O) groups excluding carboxylic acids is 3. The predicted octanol–water partition coefficient (Wildman–Crippen LogP) is 19.0. The summed E-state index contributed by atoms with van der Waals surface area (Å²) in [7, 11) is 5.12. The van der Waals surface area contributed by atoms with Crippen molar-refractivity contribution in [2.75, 3.05) is 31.3 Å². The Kier molecular flexibility index (Phi) is 56.4. The number of esters is 3. The topological polar surface area (TPSA) is 78.9 Å². The molecule has 0 N–H and O–H groups in total. The van der Waals surface area contributed by atoms with Crippen molar-refractivity contribution in [1.29, 1.82) is 0 Å². The van der Waals surface area contributed by atoms with Gasteiger partial charge in [-0.25, -0.2) is 0 Å². The maximum atomic E-state index is 13.7. The van der Waals surface area contributed by atoms with Gasteiger partial charge in [-0.3, -0.25) is 0 Å². The third-order valence-electron chi connectivity index (χ3n) is 12.7. The standard InChI is InChI=1S/C24H48O2S.2C16H32O2S.Sn/c1-3-5-7-9-11-12-13-14-15-16-18-20-22-26-24(25)23(27)21-19-17-10-8-6-4-2;2*1-2-3-4-5-6-7-8-9-10-11-12-13-14-18-16(17)15-19;/h23,27H,3-22H2,1-2H3;2*19H,2-15H2,1H3;/q;;;+3/p-3. The first-order valence-corrected chi connectivity index (χ1v) is 42.1. The van der Waals surface area contributed by atoms with Crippen LogP contribution in [0, 0.1) is 0 Å². The van der Waals surface area contributed by atoms with E-state index in [1.807, 2.05) is 0 Å². The van der Waals surface area contributed by atoms with Gasteiger partial charge in [-0.2, -0.15) is 0 Å². The SMILES string of the molecule is CCCCCCCCCCCCCCOC(=O)C[S][Sn]([S]CC(=O)OCCCCCCCCCCCCCC)[S]C(CCCCCCCC)C(=O)OCCCCCCCCCCCCCC. The minimum Gasteiger partial charge on any atom is -0.0654 e. The molecule has 391 valence electrons. The van der Waals surface area contributed by atoms with Gasteiger partial charge >= 0.3 is 312 Å². The number of hydrogen-bond donors (Lipinski definition) is 0. The molecule has 66 heavy (non-hydrogen) atoms. The molecule has 0 fully saturated rings. The monoisotopic (exact) mass is 1090 g/mol. The molecule has 0 aromatic carbocycles. The summed E-state index contributed by atoms with van der Waals surface area (Å²) in [6, 6.07) is 0. The summed E-state index contributed by atoms with van der Waals surface area (Å²) in [5.74, 6) is 0.148. The number of hydrogen-bond acceptors (Lipinski definition) is 9. The van der Waals surface area contributed by atoms with Crippen molar-refractivity contribution in [3.63, 3.8) is 0 Å². The fourth-order valence-corrected chi connectivity index (χ4v) is 33.5. The van der Waals surface area contributed by atoms with Crippen LogP contribution >= 0.6 is 26.8 Å². The number of carbonyl (C=O) groups is 3. The van der Waals surface area contributed by atoms with Crippen molar-refractivity contribution in [3.05, 3.63) is 0 Å². The third-order valence-corrected chi connectivity index (χ3v) is 38.8. The summed E-state index contributed by atoms with van der Waals surface area (Å²) < 4.78 is 17.4. The molecule has 0 aliphatic carbocycles. The number of ether oxygens (including phenoxy) is 3. The Labute approximate surface area is 426 Å². The Morgan fingerprint density at radius 1 is 0.333 bits per heavy atom. The van der Waals surface area contributed by atoms with Crippen molar-refractivity contribution < 1.29 is 28.6 Å². The fourth-order valence-electron chi connectivity index (χ4n) is 8.35. The van der Waals surface area contributed by atoms with Gasteiger partial charge < -0.3 is 0 Å². The molecule has 0 aliphatic rings. The Bertz CT molecular complexity index is 976. The Morgan fingerprint density at radius 2 is 0.576 bits per heavy atom. The van der Waals surface area contributed by atoms with Crippen molar-refractivity contribution in [1.82, 2.24) is 0 Å². The van der Waals surface area contributed by atoms with Gasteiger partial charge in [0.25, 0.3) is 0 Å². The van der Waals surface area contributed by atoms with Crippen LogP contribution in [0.1, 0.15) is 304 Å². The summed E-state index contributed by atoms with van der Waals surface area (Å²) in [4.78, 5) is 39.7. The van der Waals surface area contributed by atoms with Gasteiger partial charge in [0, 0.05) is 0 Å². The first-order chi connectivity index (χ1) is 32.5. The van der Waals surface area contributed by atoms with Crippen LogP contribution in [0.3, 0.4) is 0 Å². The van der Waals surface area contributed by atoms with Crippen LogP contribution in [0.2, 0.25) is 0 Å². The molecule has 0 bridgehead atoms. The van der Waals surface area contributed by atoms with Crippen molar-refractivity contribution in [2.24, 2.45) is 0 Å². The molecule has 0 aromatic heterocycles. The van der Waals surface area contributed by atoms with Crippen molar-refractivity contribution in [3.8, 4) is 0 Å². The molecule has 0 heterocycles. The Hall–Kier alpha value is 0.259. The van der Waals surface area contributed by atoms with Crippen LogP contribution in [0.15, 0.2) is 0 Å². The van der Waals surface area contributed by atoms with Crippen LogP contribution in [-0.4, -0.2) is 70.1 Å². The summed E-state index contributed by atoms with van der Waals surface area (Å²) >= 11 is -2.62. The minimum atomic E-state index is -2.62. The van der Waals surface area contributed by atoms with Gasteiger partial charge in [0.15, 0.2) is 0 Å². The maximum absolute atomic E-state index is 13.7. The summed E-state index contributed by atoms with van der Waals surface area (Å²) in [6.45, 7) is 10.5. The van der Waals surface area contributed by atoms with Gasteiger partial charge in [0.1, 0.15) is 0 Å². The molecule has 0 rings (SSSR count). The number of unbranched alkanes of at least 4 members (excludes halogenated alkanes) is 38. The van der Waals surface area contributed by atoms with Gasteiger partial charge in [-0.05, 0) is 0 Å². The van der Waals surface area contributed by atoms with Crippen molar-refractivity contribution in [2.45, 2.75) is 309 Å². The summed E-state index contributed by atoms with van der Waals surface area (Å²) in [6.07, 6.45) is 53.9. The fraction of sp³-hybridized carbons (Fsp3) is 0.946. The first kappa shape index (κ1) is 66.3. The van der Waals surface area contributed by atoms with Gasteiger partial charge in [-0.1, -0.05) is 117 Å². The molecule has 0 saturated heterocycles. The molecule has 1 radical (unpaired) electrons. The molecular weight excluding hydrogens is 984 g/mol.